The molecule has 1 aliphatic rings. The summed E-state index contributed by atoms with van der Waals surface area (Å²) in [7, 11) is 0. The summed E-state index contributed by atoms with van der Waals surface area (Å²) < 4.78 is 0. The summed E-state index contributed by atoms with van der Waals surface area (Å²) in [4.78, 5) is 16.0. The van der Waals surface area contributed by atoms with E-state index in [9.17, 15) is 4.79 Å². The molecule has 0 saturated heterocycles. The molecule has 2 rings (SSSR count). The van der Waals surface area contributed by atoms with Crippen LogP contribution >= 0.6 is 12.2 Å². The van der Waals surface area contributed by atoms with Crippen molar-refractivity contribution in [3.8, 4) is 0 Å². The summed E-state index contributed by atoms with van der Waals surface area (Å²) in [6.07, 6.45) is 9.01. The Hall–Kier alpha value is -1.49. The third-order valence-electron chi connectivity index (χ3n) is 3.39. The van der Waals surface area contributed by atoms with E-state index >= 15 is 0 Å². The Kier molecular flexibility index (Phi) is 5.27. The Bertz CT molecular complexity index is 430. The van der Waals surface area contributed by atoms with Gasteiger partial charge in [-0.1, -0.05) is 25.3 Å². The van der Waals surface area contributed by atoms with E-state index in [-0.39, 0.29) is 11.8 Å². The van der Waals surface area contributed by atoms with Crippen LogP contribution in [0.1, 0.15) is 37.7 Å². The van der Waals surface area contributed by atoms with Crippen LogP contribution in [0.15, 0.2) is 24.5 Å². The van der Waals surface area contributed by atoms with E-state index in [1.807, 2.05) is 12.1 Å². The first-order valence-corrected chi connectivity index (χ1v) is 7.14. The van der Waals surface area contributed by atoms with Gasteiger partial charge in [0.05, 0.1) is 0 Å². The van der Waals surface area contributed by atoms with Gasteiger partial charge in [0, 0.05) is 24.9 Å². The molecule has 4 nitrogen and oxygen atoms in total. The fraction of sp³-hybridized carbons (Fsp3) is 0.500. The molecule has 0 bridgehead atoms. The highest BCUT2D eigenvalue weighted by Crippen LogP contribution is 2.23. The van der Waals surface area contributed by atoms with Gasteiger partial charge in [0.15, 0.2) is 5.11 Å². The molecule has 1 fully saturated rings. The molecular formula is C14H19N3OS. The second-order valence-electron chi connectivity index (χ2n) is 4.87. The lowest BCUT2D eigenvalue weighted by Crippen LogP contribution is -2.42. The van der Waals surface area contributed by atoms with Crippen molar-refractivity contribution < 1.29 is 4.79 Å². The Labute approximate surface area is 119 Å². The molecule has 0 aliphatic heterocycles. The minimum absolute atomic E-state index is 0.0587. The van der Waals surface area contributed by atoms with Gasteiger partial charge >= 0.3 is 0 Å². The van der Waals surface area contributed by atoms with E-state index in [0.29, 0.717) is 11.7 Å². The number of pyridine rings is 1. The molecule has 0 aromatic carbocycles. The Morgan fingerprint density at radius 1 is 1.37 bits per heavy atom. The molecule has 0 spiro atoms. The van der Waals surface area contributed by atoms with Gasteiger partial charge in [-0.2, -0.15) is 0 Å². The first-order chi connectivity index (χ1) is 9.25. The summed E-state index contributed by atoms with van der Waals surface area (Å²) in [5.41, 5.74) is 1.04. The molecule has 1 aliphatic carbocycles. The van der Waals surface area contributed by atoms with Crippen molar-refractivity contribution in [1.29, 1.82) is 0 Å². The zero-order valence-electron chi connectivity index (χ0n) is 10.9. The van der Waals surface area contributed by atoms with Gasteiger partial charge < -0.3 is 10.6 Å². The monoisotopic (exact) mass is 277 g/mol. The molecule has 0 atom stereocenters. The van der Waals surface area contributed by atoms with Crippen molar-refractivity contribution >= 4 is 23.2 Å². The minimum Gasteiger partial charge on any atom is -0.358 e. The molecule has 102 valence electrons. The maximum absolute atomic E-state index is 12.0. The SMILES string of the molecule is O=C(NC(=S)NCc1cccnc1)C1CCCCC1. The second kappa shape index (κ2) is 7.19. The summed E-state index contributed by atoms with van der Waals surface area (Å²) >= 11 is 5.14. The Morgan fingerprint density at radius 2 is 2.16 bits per heavy atom. The number of hydrogen-bond acceptors (Lipinski definition) is 3. The van der Waals surface area contributed by atoms with Crippen LogP contribution in [0.5, 0.6) is 0 Å². The van der Waals surface area contributed by atoms with Gasteiger partial charge in [0.25, 0.3) is 0 Å². The predicted molar refractivity (Wildman–Crippen MR) is 78.4 cm³/mol. The average Bonchev–Trinajstić information content (AvgIpc) is 2.47. The van der Waals surface area contributed by atoms with Crippen LogP contribution in [-0.4, -0.2) is 16.0 Å². The van der Waals surface area contributed by atoms with Crippen LogP contribution in [0.3, 0.4) is 0 Å². The quantitative estimate of drug-likeness (QED) is 0.831. The third kappa shape index (κ3) is 4.59. The first-order valence-electron chi connectivity index (χ1n) is 6.73. The standard InChI is InChI=1S/C14H19N3OS/c18-13(12-6-2-1-3-7-12)17-14(19)16-10-11-5-4-8-15-9-11/h4-5,8-9,12H,1-3,6-7,10H2,(H2,16,17,18,19). The number of aromatic nitrogens is 1. The van der Waals surface area contributed by atoms with Gasteiger partial charge in [-0.3, -0.25) is 9.78 Å². The number of thiocarbonyl (C=S) groups is 1. The summed E-state index contributed by atoms with van der Waals surface area (Å²) in [5.74, 6) is 0.190. The van der Waals surface area contributed by atoms with Crippen molar-refractivity contribution in [2.24, 2.45) is 5.92 Å². The summed E-state index contributed by atoms with van der Waals surface area (Å²) in [6, 6.07) is 3.84. The fourth-order valence-corrected chi connectivity index (χ4v) is 2.48. The molecule has 1 aromatic heterocycles. The molecular weight excluding hydrogens is 258 g/mol. The molecule has 0 unspecified atom stereocenters. The van der Waals surface area contributed by atoms with Gasteiger partial charge in [-0.15, -0.1) is 0 Å². The van der Waals surface area contributed by atoms with Crippen LogP contribution in [-0.2, 0) is 11.3 Å². The zero-order chi connectivity index (χ0) is 13.5. The number of carbonyl (C=O) groups excluding carboxylic acids is 1. The topological polar surface area (TPSA) is 54.0 Å². The molecule has 1 aromatic rings. The zero-order valence-corrected chi connectivity index (χ0v) is 11.7. The van der Waals surface area contributed by atoms with Crippen LogP contribution in [0, 0.1) is 5.92 Å². The van der Waals surface area contributed by atoms with Crippen LogP contribution in [0.2, 0.25) is 0 Å². The molecule has 1 heterocycles. The lowest BCUT2D eigenvalue weighted by atomic mass is 9.89. The number of carbonyl (C=O) groups is 1. The van der Waals surface area contributed by atoms with Crippen molar-refractivity contribution in [2.75, 3.05) is 0 Å². The normalized spacial score (nSPS) is 15.8. The van der Waals surface area contributed by atoms with Crippen LogP contribution in [0.25, 0.3) is 0 Å². The molecule has 1 amide bonds. The lowest BCUT2D eigenvalue weighted by molar-refractivity contribution is -0.124. The van der Waals surface area contributed by atoms with Crippen molar-refractivity contribution in [3.63, 3.8) is 0 Å². The number of hydrogen-bond donors (Lipinski definition) is 2. The number of nitrogens with zero attached hydrogens (tertiary/aromatic N) is 1. The van der Waals surface area contributed by atoms with Gasteiger partial charge in [0.1, 0.15) is 0 Å². The van der Waals surface area contributed by atoms with Crippen LogP contribution in [0.4, 0.5) is 0 Å². The highest BCUT2D eigenvalue weighted by Gasteiger charge is 2.21. The highest BCUT2D eigenvalue weighted by atomic mass is 32.1. The first kappa shape index (κ1) is 13.9. The average molecular weight is 277 g/mol. The van der Waals surface area contributed by atoms with Gasteiger partial charge in [0.2, 0.25) is 5.91 Å². The lowest BCUT2D eigenvalue weighted by Gasteiger charge is -2.21. The highest BCUT2D eigenvalue weighted by molar-refractivity contribution is 7.80. The van der Waals surface area contributed by atoms with E-state index in [1.54, 1.807) is 12.4 Å². The van der Waals surface area contributed by atoms with E-state index in [1.165, 1.54) is 6.42 Å². The number of nitrogens with one attached hydrogen (secondary N) is 2. The van der Waals surface area contributed by atoms with E-state index < -0.39 is 0 Å². The van der Waals surface area contributed by atoms with Crippen molar-refractivity contribution in [2.45, 2.75) is 38.6 Å². The van der Waals surface area contributed by atoms with E-state index in [0.717, 1.165) is 31.2 Å². The predicted octanol–water partition coefficient (Wildman–Crippen LogP) is 2.15. The molecule has 19 heavy (non-hydrogen) atoms. The smallest absolute Gasteiger partial charge is 0.229 e. The van der Waals surface area contributed by atoms with Gasteiger partial charge in [-0.05, 0) is 36.7 Å². The largest absolute Gasteiger partial charge is 0.358 e. The maximum atomic E-state index is 12.0. The molecule has 2 N–H and O–H groups in total. The second-order valence-corrected chi connectivity index (χ2v) is 5.28. The third-order valence-corrected chi connectivity index (χ3v) is 3.63. The minimum atomic E-state index is 0.0587. The van der Waals surface area contributed by atoms with Gasteiger partial charge in [-0.25, -0.2) is 0 Å². The molecule has 0 radical (unpaired) electrons. The summed E-state index contributed by atoms with van der Waals surface area (Å²) in [6.45, 7) is 0.581. The Balaban J connectivity index is 1.73. The number of amides is 1. The van der Waals surface area contributed by atoms with Crippen LogP contribution < -0.4 is 10.6 Å². The van der Waals surface area contributed by atoms with Crippen molar-refractivity contribution in [1.82, 2.24) is 15.6 Å². The molecule has 5 heteroatoms. The Morgan fingerprint density at radius 3 is 2.84 bits per heavy atom. The van der Waals surface area contributed by atoms with Crippen molar-refractivity contribution in [3.05, 3.63) is 30.1 Å². The molecule has 1 saturated carbocycles. The summed E-state index contributed by atoms with van der Waals surface area (Å²) in [5, 5.41) is 6.21. The fourth-order valence-electron chi connectivity index (χ4n) is 2.31. The van der Waals surface area contributed by atoms with E-state index in [2.05, 4.69) is 15.6 Å². The number of rotatable bonds is 3. The maximum Gasteiger partial charge on any atom is 0.229 e. The van der Waals surface area contributed by atoms with E-state index in [4.69, 9.17) is 12.2 Å².